The predicted molar refractivity (Wildman–Crippen MR) is 78.3 cm³/mol. The topological polar surface area (TPSA) is 53.3 Å². The monoisotopic (exact) mass is 294 g/mol. The van der Waals surface area contributed by atoms with Crippen molar-refractivity contribution in [1.29, 1.82) is 5.26 Å². The Balaban J connectivity index is 2.63. The largest absolute Gasteiger partial charge is 0.459 e. The van der Waals surface area contributed by atoms with Crippen LogP contribution >= 0.6 is 11.6 Å². The van der Waals surface area contributed by atoms with E-state index in [-0.39, 0.29) is 12.5 Å². The van der Waals surface area contributed by atoms with Gasteiger partial charge in [-0.15, -0.1) is 0 Å². The van der Waals surface area contributed by atoms with E-state index in [9.17, 15) is 4.79 Å². The van der Waals surface area contributed by atoms with Gasteiger partial charge < -0.3 is 4.74 Å². The number of carbonyl (C=O) groups is 1. The molecule has 0 unspecified atom stereocenters. The number of carbonyl (C=O) groups excluding carboxylic acids is 1. The van der Waals surface area contributed by atoms with Gasteiger partial charge in [-0.25, -0.2) is 0 Å². The summed E-state index contributed by atoms with van der Waals surface area (Å²) in [7, 11) is 1.82. The third-order valence-corrected chi connectivity index (χ3v) is 2.58. The zero-order chi connectivity index (χ0) is 15.3. The molecule has 0 aromatic heterocycles. The highest BCUT2D eigenvalue weighted by Crippen LogP contribution is 2.16. The highest BCUT2D eigenvalue weighted by atomic mass is 35.5. The molecule has 0 amide bonds. The molecule has 0 N–H and O–H groups in total. The molecule has 0 atom stereocenters. The van der Waals surface area contributed by atoms with Crippen LogP contribution < -0.4 is 0 Å². The van der Waals surface area contributed by atoms with Crippen LogP contribution in [-0.4, -0.2) is 30.1 Å². The average molecular weight is 295 g/mol. The average Bonchev–Trinajstić information content (AvgIpc) is 2.24. The Morgan fingerprint density at radius 3 is 2.60 bits per heavy atom. The van der Waals surface area contributed by atoms with Gasteiger partial charge in [-0.1, -0.05) is 11.6 Å². The third-order valence-electron chi connectivity index (χ3n) is 2.36. The molecule has 1 aromatic carbocycles. The molecule has 1 rings (SSSR count). The molecule has 0 aliphatic rings. The Labute approximate surface area is 124 Å². The van der Waals surface area contributed by atoms with E-state index in [1.807, 2.05) is 32.7 Å². The SMILES string of the molecule is CN(CC(=O)OC(C)(C)C)Cc1cc(Cl)cc(C#N)c1. The van der Waals surface area contributed by atoms with Crippen LogP contribution in [0.5, 0.6) is 0 Å². The fourth-order valence-corrected chi connectivity index (χ4v) is 2.03. The summed E-state index contributed by atoms with van der Waals surface area (Å²) < 4.78 is 5.26. The fraction of sp³-hybridized carbons (Fsp3) is 0.467. The van der Waals surface area contributed by atoms with Crippen LogP contribution in [-0.2, 0) is 16.1 Å². The molecule has 0 aliphatic heterocycles. The number of hydrogen-bond acceptors (Lipinski definition) is 4. The van der Waals surface area contributed by atoms with Crippen LogP contribution in [0, 0.1) is 11.3 Å². The minimum Gasteiger partial charge on any atom is -0.459 e. The van der Waals surface area contributed by atoms with Gasteiger partial charge in [0.15, 0.2) is 0 Å². The number of esters is 1. The molecule has 108 valence electrons. The number of hydrogen-bond donors (Lipinski definition) is 0. The van der Waals surface area contributed by atoms with Crippen molar-refractivity contribution >= 4 is 17.6 Å². The maximum Gasteiger partial charge on any atom is 0.320 e. The summed E-state index contributed by atoms with van der Waals surface area (Å²) in [6, 6.07) is 7.22. The third kappa shape index (κ3) is 6.05. The second-order valence-corrected chi connectivity index (χ2v) is 6.16. The minimum atomic E-state index is -0.484. The number of ether oxygens (including phenoxy) is 1. The first-order valence-corrected chi connectivity index (χ1v) is 6.67. The van der Waals surface area contributed by atoms with Crippen LogP contribution in [0.25, 0.3) is 0 Å². The van der Waals surface area contributed by atoms with E-state index in [0.29, 0.717) is 17.1 Å². The van der Waals surface area contributed by atoms with Gasteiger partial charge in [0, 0.05) is 11.6 Å². The van der Waals surface area contributed by atoms with E-state index in [2.05, 4.69) is 6.07 Å². The predicted octanol–water partition coefficient (Wildman–Crippen LogP) is 2.99. The second kappa shape index (κ2) is 6.74. The Bertz CT molecular complexity index is 530. The molecule has 4 nitrogen and oxygen atoms in total. The van der Waals surface area contributed by atoms with Crippen LogP contribution in [0.3, 0.4) is 0 Å². The molecule has 0 saturated carbocycles. The van der Waals surface area contributed by atoms with Gasteiger partial charge in [0.25, 0.3) is 0 Å². The lowest BCUT2D eigenvalue weighted by atomic mass is 10.1. The Hall–Kier alpha value is -1.57. The normalized spacial score (nSPS) is 11.2. The first-order chi connectivity index (χ1) is 9.19. The summed E-state index contributed by atoms with van der Waals surface area (Å²) in [6.07, 6.45) is 0. The van der Waals surface area contributed by atoms with Crippen molar-refractivity contribution in [2.24, 2.45) is 0 Å². The van der Waals surface area contributed by atoms with Crippen LogP contribution in [0.2, 0.25) is 5.02 Å². The summed E-state index contributed by atoms with van der Waals surface area (Å²) >= 11 is 5.94. The van der Waals surface area contributed by atoms with Crippen LogP contribution in [0.1, 0.15) is 31.9 Å². The van der Waals surface area contributed by atoms with Gasteiger partial charge in [0.2, 0.25) is 0 Å². The molecular weight excluding hydrogens is 276 g/mol. The summed E-state index contributed by atoms with van der Waals surface area (Å²) in [6.45, 7) is 6.21. The summed E-state index contributed by atoms with van der Waals surface area (Å²) in [4.78, 5) is 13.5. The van der Waals surface area contributed by atoms with E-state index in [0.717, 1.165) is 5.56 Å². The quantitative estimate of drug-likeness (QED) is 0.801. The maximum atomic E-state index is 11.7. The molecule has 0 bridgehead atoms. The van der Waals surface area contributed by atoms with Gasteiger partial charge in [0.05, 0.1) is 18.2 Å². The molecule has 0 heterocycles. The molecule has 0 radical (unpaired) electrons. The first-order valence-electron chi connectivity index (χ1n) is 6.29. The Kier molecular flexibility index (Phi) is 5.55. The number of benzene rings is 1. The van der Waals surface area contributed by atoms with Crippen molar-refractivity contribution in [1.82, 2.24) is 4.90 Å². The van der Waals surface area contributed by atoms with E-state index < -0.39 is 5.60 Å². The van der Waals surface area contributed by atoms with Gasteiger partial charge in [-0.3, -0.25) is 9.69 Å². The van der Waals surface area contributed by atoms with Crippen molar-refractivity contribution < 1.29 is 9.53 Å². The van der Waals surface area contributed by atoms with E-state index >= 15 is 0 Å². The van der Waals surface area contributed by atoms with E-state index in [1.165, 1.54) is 0 Å². The van der Waals surface area contributed by atoms with Gasteiger partial charge >= 0.3 is 5.97 Å². The van der Waals surface area contributed by atoms with Gasteiger partial charge in [-0.05, 0) is 51.6 Å². The standard InChI is InChI=1S/C15H19ClN2O2/c1-15(2,3)20-14(19)10-18(4)9-12-5-11(8-17)6-13(16)7-12/h5-7H,9-10H2,1-4H3. The van der Waals surface area contributed by atoms with Crippen molar-refractivity contribution in [3.8, 4) is 6.07 Å². The Morgan fingerprint density at radius 2 is 2.05 bits per heavy atom. The summed E-state index contributed by atoms with van der Waals surface area (Å²) in [5.74, 6) is -0.275. The highest BCUT2D eigenvalue weighted by Gasteiger charge is 2.17. The summed E-state index contributed by atoms with van der Waals surface area (Å²) in [5, 5.41) is 9.42. The lowest BCUT2D eigenvalue weighted by molar-refractivity contribution is -0.155. The van der Waals surface area contributed by atoms with Crippen LogP contribution in [0.15, 0.2) is 18.2 Å². The molecule has 20 heavy (non-hydrogen) atoms. The van der Waals surface area contributed by atoms with Crippen molar-refractivity contribution in [3.05, 3.63) is 34.3 Å². The minimum absolute atomic E-state index is 0.186. The lowest BCUT2D eigenvalue weighted by Crippen LogP contribution is -2.32. The molecule has 0 aliphatic carbocycles. The number of nitrogens with zero attached hydrogens (tertiary/aromatic N) is 2. The second-order valence-electron chi connectivity index (χ2n) is 5.72. The molecule has 0 spiro atoms. The van der Waals surface area contributed by atoms with Crippen molar-refractivity contribution in [2.75, 3.05) is 13.6 Å². The van der Waals surface area contributed by atoms with Crippen LogP contribution in [0.4, 0.5) is 0 Å². The zero-order valence-electron chi connectivity index (χ0n) is 12.2. The molecule has 5 heteroatoms. The summed E-state index contributed by atoms with van der Waals surface area (Å²) in [5.41, 5.74) is 0.917. The molecular formula is C15H19ClN2O2. The number of likely N-dealkylation sites (N-methyl/N-ethyl adjacent to an activating group) is 1. The van der Waals surface area contributed by atoms with E-state index in [4.69, 9.17) is 21.6 Å². The fourth-order valence-electron chi connectivity index (χ4n) is 1.77. The molecule has 0 fully saturated rings. The highest BCUT2D eigenvalue weighted by molar-refractivity contribution is 6.30. The van der Waals surface area contributed by atoms with Gasteiger partial charge in [-0.2, -0.15) is 5.26 Å². The van der Waals surface area contributed by atoms with Crippen molar-refractivity contribution in [2.45, 2.75) is 32.9 Å². The number of nitriles is 1. The molecule has 0 saturated heterocycles. The Morgan fingerprint density at radius 1 is 1.40 bits per heavy atom. The number of halogens is 1. The van der Waals surface area contributed by atoms with Gasteiger partial charge in [0.1, 0.15) is 5.60 Å². The number of rotatable bonds is 4. The maximum absolute atomic E-state index is 11.7. The van der Waals surface area contributed by atoms with Crippen molar-refractivity contribution in [3.63, 3.8) is 0 Å². The van der Waals surface area contributed by atoms with E-state index in [1.54, 1.807) is 18.2 Å². The zero-order valence-corrected chi connectivity index (χ0v) is 13.0. The lowest BCUT2D eigenvalue weighted by Gasteiger charge is -2.22. The molecule has 1 aromatic rings. The first kappa shape index (κ1) is 16.5. The smallest absolute Gasteiger partial charge is 0.320 e.